The van der Waals surface area contributed by atoms with Crippen LogP contribution in [0.5, 0.6) is 0 Å². The third kappa shape index (κ3) is 4.60. The number of nitriles is 1. The van der Waals surface area contributed by atoms with E-state index in [9.17, 15) is 5.26 Å². The second kappa shape index (κ2) is 9.06. The molecule has 32 heavy (non-hydrogen) atoms. The van der Waals surface area contributed by atoms with Crippen molar-refractivity contribution >= 4 is 23.5 Å². The Morgan fingerprint density at radius 2 is 1.94 bits per heavy atom. The highest BCUT2D eigenvalue weighted by Crippen LogP contribution is 2.26. The van der Waals surface area contributed by atoms with Crippen LogP contribution in [-0.2, 0) is 6.54 Å². The van der Waals surface area contributed by atoms with Crippen LogP contribution in [0.15, 0.2) is 61.1 Å². The maximum atomic E-state index is 9.85. The fourth-order valence-corrected chi connectivity index (χ4v) is 3.12. The SMILES string of the molecule is CN(C)c1nc(N)nc(/C(C#N)=C\c2cn(Cc3ccccc3)nc2-c2cccnc2)n1. The van der Waals surface area contributed by atoms with Crippen LogP contribution in [0.3, 0.4) is 0 Å². The number of rotatable bonds is 6. The number of anilines is 2. The Kier molecular flexibility index (Phi) is 5.85. The first-order valence-electron chi connectivity index (χ1n) is 9.86. The highest BCUT2D eigenvalue weighted by Gasteiger charge is 2.15. The summed E-state index contributed by atoms with van der Waals surface area (Å²) in [5.74, 6) is 0.629. The van der Waals surface area contributed by atoms with Crippen LogP contribution in [0.4, 0.5) is 11.9 Å². The highest BCUT2D eigenvalue weighted by molar-refractivity contribution is 5.90. The third-order valence-corrected chi connectivity index (χ3v) is 4.61. The summed E-state index contributed by atoms with van der Waals surface area (Å²) in [6.07, 6.45) is 7.05. The van der Waals surface area contributed by atoms with E-state index in [1.165, 1.54) is 0 Å². The van der Waals surface area contributed by atoms with Gasteiger partial charge in [-0.2, -0.15) is 25.3 Å². The zero-order valence-corrected chi connectivity index (χ0v) is 17.7. The molecule has 0 aliphatic rings. The first-order valence-corrected chi connectivity index (χ1v) is 9.86. The van der Waals surface area contributed by atoms with E-state index in [0.717, 1.165) is 16.7 Å². The molecule has 3 aromatic heterocycles. The summed E-state index contributed by atoms with van der Waals surface area (Å²) in [4.78, 5) is 18.5. The van der Waals surface area contributed by atoms with Gasteiger partial charge >= 0.3 is 0 Å². The largest absolute Gasteiger partial charge is 0.368 e. The van der Waals surface area contributed by atoms with Gasteiger partial charge in [0, 0.05) is 43.8 Å². The predicted molar refractivity (Wildman–Crippen MR) is 123 cm³/mol. The van der Waals surface area contributed by atoms with Crippen molar-refractivity contribution in [2.75, 3.05) is 24.7 Å². The molecule has 0 saturated heterocycles. The molecule has 9 nitrogen and oxygen atoms in total. The van der Waals surface area contributed by atoms with Gasteiger partial charge in [0.15, 0.2) is 5.82 Å². The van der Waals surface area contributed by atoms with Gasteiger partial charge < -0.3 is 10.6 Å². The number of hydrogen-bond donors (Lipinski definition) is 1. The summed E-state index contributed by atoms with van der Waals surface area (Å²) in [7, 11) is 3.59. The first-order chi connectivity index (χ1) is 15.5. The van der Waals surface area contributed by atoms with Crippen molar-refractivity contribution < 1.29 is 0 Å². The predicted octanol–water partition coefficient (Wildman–Crippen LogP) is 2.89. The minimum Gasteiger partial charge on any atom is -0.368 e. The van der Waals surface area contributed by atoms with E-state index >= 15 is 0 Å². The number of pyridine rings is 1. The Balaban J connectivity index is 1.80. The van der Waals surface area contributed by atoms with Gasteiger partial charge in [0.25, 0.3) is 0 Å². The van der Waals surface area contributed by atoms with Crippen LogP contribution in [0, 0.1) is 11.3 Å². The van der Waals surface area contributed by atoms with Crippen molar-refractivity contribution in [2.45, 2.75) is 6.54 Å². The van der Waals surface area contributed by atoms with Gasteiger partial charge in [-0.15, -0.1) is 0 Å². The molecular weight excluding hydrogens is 402 g/mol. The van der Waals surface area contributed by atoms with Gasteiger partial charge in [0.2, 0.25) is 11.9 Å². The standard InChI is InChI=1S/C23H21N9/c1-31(2)23-28-21(27-22(25)29-23)18(12-24)11-19-15-32(14-16-7-4-3-5-8-16)30-20(19)17-9-6-10-26-13-17/h3-11,13,15H,14H2,1-2H3,(H2,25,27,28,29)/b18-11-. The number of hydrogen-bond acceptors (Lipinski definition) is 8. The van der Waals surface area contributed by atoms with Gasteiger partial charge in [-0.3, -0.25) is 9.67 Å². The Labute approximate surface area is 185 Å². The molecule has 0 aliphatic carbocycles. The summed E-state index contributed by atoms with van der Waals surface area (Å²) in [5, 5.41) is 14.6. The molecule has 0 unspecified atom stereocenters. The zero-order valence-electron chi connectivity index (χ0n) is 17.7. The molecule has 0 amide bonds. The van der Waals surface area contributed by atoms with Crippen molar-refractivity contribution in [2.24, 2.45) is 0 Å². The number of nitrogen functional groups attached to an aromatic ring is 1. The number of nitrogens with two attached hydrogens (primary N) is 1. The van der Waals surface area contributed by atoms with Crippen LogP contribution in [0.2, 0.25) is 0 Å². The lowest BCUT2D eigenvalue weighted by atomic mass is 10.1. The fraction of sp³-hybridized carbons (Fsp3) is 0.130. The fourth-order valence-electron chi connectivity index (χ4n) is 3.12. The molecule has 158 valence electrons. The van der Waals surface area contributed by atoms with Crippen molar-refractivity contribution in [3.8, 4) is 17.3 Å². The maximum absolute atomic E-state index is 9.85. The molecule has 0 atom stereocenters. The Hall–Kier alpha value is -4.58. The Morgan fingerprint density at radius 1 is 1.12 bits per heavy atom. The monoisotopic (exact) mass is 423 g/mol. The maximum Gasteiger partial charge on any atom is 0.230 e. The lowest BCUT2D eigenvalue weighted by molar-refractivity contribution is 0.689. The highest BCUT2D eigenvalue weighted by atomic mass is 15.3. The molecule has 4 rings (SSSR count). The molecule has 0 fully saturated rings. The van der Waals surface area contributed by atoms with E-state index in [0.29, 0.717) is 18.2 Å². The third-order valence-electron chi connectivity index (χ3n) is 4.61. The molecule has 3 heterocycles. The minimum atomic E-state index is 0.0482. The van der Waals surface area contributed by atoms with Crippen LogP contribution in [-0.4, -0.2) is 43.8 Å². The molecule has 0 bridgehead atoms. The summed E-state index contributed by atoms with van der Waals surface area (Å²) in [6.45, 7) is 0.591. The molecule has 0 radical (unpaired) electrons. The molecule has 1 aromatic carbocycles. The van der Waals surface area contributed by atoms with Gasteiger partial charge in [0.05, 0.1) is 12.1 Å². The number of allylic oxidation sites excluding steroid dienone is 1. The van der Waals surface area contributed by atoms with Crippen LogP contribution in [0.1, 0.15) is 17.0 Å². The number of nitrogens with zero attached hydrogens (tertiary/aromatic N) is 8. The van der Waals surface area contributed by atoms with Gasteiger partial charge in [-0.05, 0) is 23.8 Å². The minimum absolute atomic E-state index is 0.0482. The average Bonchev–Trinajstić information content (AvgIpc) is 3.20. The van der Waals surface area contributed by atoms with E-state index in [2.05, 4.69) is 26.0 Å². The quantitative estimate of drug-likeness (QED) is 0.470. The second-order valence-electron chi connectivity index (χ2n) is 7.24. The molecule has 4 aromatic rings. The van der Waals surface area contributed by atoms with E-state index in [4.69, 9.17) is 10.8 Å². The van der Waals surface area contributed by atoms with Crippen LogP contribution < -0.4 is 10.6 Å². The van der Waals surface area contributed by atoms with E-state index in [1.807, 2.05) is 53.3 Å². The lowest BCUT2D eigenvalue weighted by Crippen LogP contribution is -2.15. The van der Waals surface area contributed by atoms with Gasteiger partial charge in [0.1, 0.15) is 11.8 Å². The van der Waals surface area contributed by atoms with Crippen molar-refractivity contribution in [3.63, 3.8) is 0 Å². The molecule has 0 saturated carbocycles. The summed E-state index contributed by atoms with van der Waals surface area (Å²) in [6, 6.07) is 16.0. The number of aromatic nitrogens is 6. The number of benzene rings is 1. The van der Waals surface area contributed by atoms with Gasteiger partial charge in [-0.25, -0.2) is 0 Å². The average molecular weight is 423 g/mol. The normalized spacial score (nSPS) is 11.2. The topological polar surface area (TPSA) is 122 Å². The summed E-state index contributed by atoms with van der Waals surface area (Å²) >= 11 is 0. The van der Waals surface area contributed by atoms with E-state index in [-0.39, 0.29) is 17.3 Å². The van der Waals surface area contributed by atoms with Crippen molar-refractivity contribution in [1.29, 1.82) is 5.26 Å². The Morgan fingerprint density at radius 3 is 2.62 bits per heavy atom. The molecule has 2 N–H and O–H groups in total. The summed E-state index contributed by atoms with van der Waals surface area (Å²) < 4.78 is 1.84. The molecule has 0 aliphatic heterocycles. The van der Waals surface area contributed by atoms with Crippen molar-refractivity contribution in [1.82, 2.24) is 29.7 Å². The second-order valence-corrected chi connectivity index (χ2v) is 7.24. The van der Waals surface area contributed by atoms with Crippen LogP contribution >= 0.6 is 0 Å². The van der Waals surface area contributed by atoms with Crippen LogP contribution in [0.25, 0.3) is 22.9 Å². The molecule has 0 spiro atoms. The summed E-state index contributed by atoms with van der Waals surface area (Å²) in [5.41, 5.74) is 9.51. The Bertz CT molecular complexity index is 1290. The van der Waals surface area contributed by atoms with Crippen molar-refractivity contribution in [3.05, 3.63) is 78.0 Å². The lowest BCUT2D eigenvalue weighted by Gasteiger charge is -2.10. The van der Waals surface area contributed by atoms with E-state index in [1.54, 1.807) is 37.5 Å². The first kappa shape index (κ1) is 20.7. The smallest absolute Gasteiger partial charge is 0.230 e. The molecule has 9 heteroatoms. The van der Waals surface area contributed by atoms with Gasteiger partial charge in [-0.1, -0.05) is 30.3 Å². The van der Waals surface area contributed by atoms with E-state index < -0.39 is 0 Å². The molecular formula is C23H21N9. The zero-order chi connectivity index (χ0) is 22.5.